The molecule has 3 rings (SSSR count). The summed E-state index contributed by atoms with van der Waals surface area (Å²) in [5, 5.41) is 1.46. The number of aromatic amines is 1. The van der Waals surface area contributed by atoms with Gasteiger partial charge in [-0.05, 0) is 45.0 Å². The molecule has 0 unspecified atom stereocenters. The molecule has 0 bridgehead atoms. The Kier molecular flexibility index (Phi) is 4.76. The number of hydrogen-bond donors (Lipinski definition) is 1. The molecule has 0 radical (unpaired) electrons. The molecule has 0 spiro atoms. The summed E-state index contributed by atoms with van der Waals surface area (Å²) in [6, 6.07) is 7.77. The maximum absolute atomic E-state index is 12.4. The highest BCUT2D eigenvalue weighted by Gasteiger charge is 2.18. The van der Waals surface area contributed by atoms with Crippen molar-refractivity contribution in [3.05, 3.63) is 61.5 Å². The molecule has 0 aliphatic rings. The Morgan fingerprint density at radius 2 is 2.04 bits per heavy atom. The number of nitrogens with zero attached hydrogens (tertiary/aromatic N) is 2. The Hall–Kier alpha value is -1.69. The van der Waals surface area contributed by atoms with Gasteiger partial charge in [0.05, 0.1) is 11.4 Å². The summed E-state index contributed by atoms with van der Waals surface area (Å²) in [6.07, 6.45) is 0. The topological polar surface area (TPSA) is 49.0 Å². The molecule has 0 saturated heterocycles. The first kappa shape index (κ1) is 17.1. The van der Waals surface area contributed by atoms with Crippen molar-refractivity contribution in [1.29, 1.82) is 0 Å². The largest absolute Gasteiger partial charge is 0.309 e. The first-order valence-electron chi connectivity index (χ1n) is 7.82. The van der Waals surface area contributed by atoms with Crippen LogP contribution in [0.4, 0.5) is 0 Å². The zero-order valence-corrected chi connectivity index (χ0v) is 15.8. The number of benzene rings is 1. The maximum Gasteiger partial charge on any atom is 0.259 e. The lowest BCUT2D eigenvalue weighted by atomic mass is 10.2. The monoisotopic (exact) mass is 361 g/mol. The molecule has 0 saturated carbocycles. The lowest BCUT2D eigenvalue weighted by Gasteiger charge is -2.24. The second-order valence-corrected chi connectivity index (χ2v) is 7.71. The minimum absolute atomic E-state index is 0.0268. The molecular weight excluding hydrogens is 342 g/mol. The van der Waals surface area contributed by atoms with Gasteiger partial charge in [0, 0.05) is 16.4 Å². The van der Waals surface area contributed by atoms with Crippen LogP contribution in [-0.2, 0) is 6.54 Å². The highest BCUT2D eigenvalue weighted by atomic mass is 35.5. The molecule has 6 heteroatoms. The Balaban J connectivity index is 1.92. The number of aromatic nitrogens is 2. The fraction of sp³-hybridized carbons (Fsp3) is 0.333. The number of fused-ring (bicyclic) bond motifs is 1. The molecule has 1 N–H and O–H groups in total. The highest BCUT2D eigenvalue weighted by Crippen LogP contribution is 2.28. The first-order valence-corrected chi connectivity index (χ1v) is 9.01. The van der Waals surface area contributed by atoms with E-state index in [0.717, 1.165) is 25.9 Å². The molecule has 1 aromatic carbocycles. The van der Waals surface area contributed by atoms with E-state index >= 15 is 0 Å². The molecule has 1 atom stereocenters. The fourth-order valence-corrected chi connectivity index (χ4v) is 3.94. The maximum atomic E-state index is 12.4. The smallest absolute Gasteiger partial charge is 0.259 e. The molecule has 3 aromatic rings. The van der Waals surface area contributed by atoms with Gasteiger partial charge < -0.3 is 4.98 Å². The summed E-state index contributed by atoms with van der Waals surface area (Å²) < 4.78 is 0. The summed E-state index contributed by atoms with van der Waals surface area (Å²) in [6.45, 7) is 6.71. The molecule has 0 aliphatic carbocycles. The standard InChI is InChI=1S/C18H20ClN3OS/c1-10-12(3)24-18-15(10)17(23)20-16(21-18)11(2)22(4)9-13-7-5-6-8-14(13)19/h5-8,11H,9H2,1-4H3,(H,20,21,23)/t11-/m1/s1. The quantitative estimate of drug-likeness (QED) is 0.746. The predicted octanol–water partition coefficient (Wildman–Crippen LogP) is 4.45. The number of halogens is 1. The van der Waals surface area contributed by atoms with E-state index in [1.807, 2.05) is 52.1 Å². The molecule has 4 nitrogen and oxygen atoms in total. The number of nitrogens with one attached hydrogen (secondary N) is 1. The van der Waals surface area contributed by atoms with Crippen LogP contribution in [-0.4, -0.2) is 21.9 Å². The van der Waals surface area contributed by atoms with Crippen LogP contribution < -0.4 is 5.56 Å². The third-order valence-corrected chi connectivity index (χ3v) is 5.96. The van der Waals surface area contributed by atoms with Gasteiger partial charge in [-0.3, -0.25) is 9.69 Å². The van der Waals surface area contributed by atoms with Gasteiger partial charge in [-0.25, -0.2) is 4.98 Å². The van der Waals surface area contributed by atoms with E-state index in [1.165, 1.54) is 0 Å². The molecular formula is C18H20ClN3OS. The zero-order chi connectivity index (χ0) is 17.4. The lowest BCUT2D eigenvalue weighted by molar-refractivity contribution is 0.244. The Morgan fingerprint density at radius 3 is 2.75 bits per heavy atom. The minimum Gasteiger partial charge on any atom is -0.309 e. The number of thiophene rings is 1. The normalized spacial score (nSPS) is 12.9. The van der Waals surface area contributed by atoms with E-state index in [1.54, 1.807) is 11.3 Å². The van der Waals surface area contributed by atoms with Crippen LogP contribution in [0.15, 0.2) is 29.1 Å². The van der Waals surface area contributed by atoms with Gasteiger partial charge in [0.1, 0.15) is 10.7 Å². The van der Waals surface area contributed by atoms with Crippen molar-refractivity contribution >= 4 is 33.2 Å². The summed E-state index contributed by atoms with van der Waals surface area (Å²) in [4.78, 5) is 24.2. The van der Waals surface area contributed by atoms with Crippen molar-refractivity contribution in [2.45, 2.75) is 33.4 Å². The van der Waals surface area contributed by atoms with E-state index in [9.17, 15) is 4.79 Å². The van der Waals surface area contributed by atoms with Crippen molar-refractivity contribution in [2.75, 3.05) is 7.05 Å². The van der Waals surface area contributed by atoms with Crippen molar-refractivity contribution in [3.8, 4) is 0 Å². The highest BCUT2D eigenvalue weighted by molar-refractivity contribution is 7.18. The third kappa shape index (κ3) is 3.11. The van der Waals surface area contributed by atoms with Crippen molar-refractivity contribution in [2.24, 2.45) is 0 Å². The minimum atomic E-state index is -0.0603. The van der Waals surface area contributed by atoms with Gasteiger partial charge in [0.2, 0.25) is 0 Å². The second kappa shape index (κ2) is 6.67. The number of hydrogen-bond acceptors (Lipinski definition) is 4. The Morgan fingerprint density at radius 1 is 1.33 bits per heavy atom. The average Bonchev–Trinajstić information content (AvgIpc) is 2.83. The van der Waals surface area contributed by atoms with Gasteiger partial charge >= 0.3 is 0 Å². The Bertz CT molecular complexity index is 947. The predicted molar refractivity (Wildman–Crippen MR) is 101 cm³/mol. The SMILES string of the molecule is Cc1sc2nc([C@@H](C)N(C)Cc3ccccc3Cl)[nH]c(=O)c2c1C. The fourth-order valence-electron chi connectivity index (χ4n) is 2.71. The number of aryl methyl sites for hydroxylation is 2. The Labute approximate surface area is 150 Å². The van der Waals surface area contributed by atoms with E-state index in [2.05, 4.69) is 9.88 Å². The molecule has 0 fully saturated rings. The van der Waals surface area contributed by atoms with Crippen LogP contribution in [0.2, 0.25) is 5.02 Å². The van der Waals surface area contributed by atoms with E-state index < -0.39 is 0 Å². The number of rotatable bonds is 4. The third-order valence-electron chi connectivity index (χ3n) is 4.49. The van der Waals surface area contributed by atoms with Crippen molar-refractivity contribution in [3.63, 3.8) is 0 Å². The second-order valence-electron chi connectivity index (χ2n) is 6.10. The molecule has 2 heterocycles. The van der Waals surface area contributed by atoms with Gasteiger partial charge in [0.25, 0.3) is 5.56 Å². The van der Waals surface area contributed by atoms with Gasteiger partial charge in [-0.15, -0.1) is 11.3 Å². The molecule has 24 heavy (non-hydrogen) atoms. The number of H-pyrrole nitrogens is 1. The molecule has 0 aliphatic heterocycles. The molecule has 0 amide bonds. The molecule has 126 valence electrons. The van der Waals surface area contributed by atoms with Gasteiger partial charge in [-0.2, -0.15) is 0 Å². The lowest BCUT2D eigenvalue weighted by Crippen LogP contribution is -2.26. The van der Waals surface area contributed by atoms with Crippen LogP contribution in [0, 0.1) is 13.8 Å². The summed E-state index contributed by atoms with van der Waals surface area (Å²) in [5.74, 6) is 0.684. The van der Waals surface area contributed by atoms with E-state index in [4.69, 9.17) is 16.6 Å². The summed E-state index contributed by atoms with van der Waals surface area (Å²) >= 11 is 7.82. The molecule has 2 aromatic heterocycles. The zero-order valence-electron chi connectivity index (χ0n) is 14.2. The van der Waals surface area contributed by atoms with Crippen LogP contribution in [0.25, 0.3) is 10.2 Å². The van der Waals surface area contributed by atoms with E-state index in [-0.39, 0.29) is 11.6 Å². The average molecular weight is 362 g/mol. The van der Waals surface area contributed by atoms with Crippen molar-refractivity contribution < 1.29 is 0 Å². The van der Waals surface area contributed by atoms with Crippen LogP contribution in [0.1, 0.15) is 34.8 Å². The van der Waals surface area contributed by atoms with E-state index in [0.29, 0.717) is 17.8 Å². The van der Waals surface area contributed by atoms with Crippen LogP contribution >= 0.6 is 22.9 Å². The van der Waals surface area contributed by atoms with Gasteiger partial charge in [0.15, 0.2) is 0 Å². The van der Waals surface area contributed by atoms with Crippen LogP contribution in [0.3, 0.4) is 0 Å². The summed E-state index contributed by atoms with van der Waals surface area (Å²) in [5.41, 5.74) is 2.02. The first-order chi connectivity index (χ1) is 11.4. The summed E-state index contributed by atoms with van der Waals surface area (Å²) in [7, 11) is 2.00. The van der Waals surface area contributed by atoms with Crippen molar-refractivity contribution in [1.82, 2.24) is 14.9 Å². The van der Waals surface area contributed by atoms with Gasteiger partial charge in [-0.1, -0.05) is 29.8 Å². The van der Waals surface area contributed by atoms with Crippen LogP contribution in [0.5, 0.6) is 0 Å².